The first kappa shape index (κ1) is 15.5. The standard InChI is InChI=1S/C19H18IN3O/c1-24-18-5-3-2-4-13(18)12-17-16-10-11-21-19(16)23(22-17)15-8-6-14(20)7-9-15/h2-9,21H,10-12H2,1H3. The maximum absolute atomic E-state index is 5.49. The Morgan fingerprint density at radius 3 is 2.75 bits per heavy atom. The number of para-hydroxylation sites is 1. The minimum atomic E-state index is 0.783. The Kier molecular flexibility index (Phi) is 4.18. The second-order valence-electron chi connectivity index (χ2n) is 5.83. The number of nitrogens with zero attached hydrogens (tertiary/aromatic N) is 2. The largest absolute Gasteiger partial charge is 0.496 e. The van der Waals surface area contributed by atoms with Crippen LogP contribution in [0.1, 0.15) is 16.8 Å². The molecule has 0 fully saturated rings. The van der Waals surface area contributed by atoms with E-state index in [0.29, 0.717) is 0 Å². The quantitative estimate of drug-likeness (QED) is 0.634. The molecule has 4 rings (SSSR count). The molecule has 0 spiro atoms. The maximum atomic E-state index is 5.49. The molecule has 5 heteroatoms. The van der Waals surface area contributed by atoms with Gasteiger partial charge in [0.2, 0.25) is 0 Å². The fourth-order valence-corrected chi connectivity index (χ4v) is 3.55. The third kappa shape index (κ3) is 2.77. The Morgan fingerprint density at radius 1 is 1.17 bits per heavy atom. The van der Waals surface area contributed by atoms with Crippen molar-refractivity contribution in [1.82, 2.24) is 9.78 Å². The van der Waals surface area contributed by atoms with Crippen molar-refractivity contribution >= 4 is 28.4 Å². The van der Waals surface area contributed by atoms with Gasteiger partial charge in [0.1, 0.15) is 11.6 Å². The van der Waals surface area contributed by atoms with Crippen molar-refractivity contribution in [2.24, 2.45) is 0 Å². The lowest BCUT2D eigenvalue weighted by atomic mass is 10.0. The van der Waals surface area contributed by atoms with Crippen molar-refractivity contribution in [1.29, 1.82) is 0 Å². The van der Waals surface area contributed by atoms with Gasteiger partial charge in [0.15, 0.2) is 0 Å². The van der Waals surface area contributed by atoms with E-state index in [2.05, 4.69) is 58.2 Å². The molecule has 0 aliphatic carbocycles. The monoisotopic (exact) mass is 431 g/mol. The molecule has 1 aliphatic heterocycles. The van der Waals surface area contributed by atoms with E-state index in [1.807, 2.05) is 22.9 Å². The summed E-state index contributed by atoms with van der Waals surface area (Å²) in [6.45, 7) is 0.969. The van der Waals surface area contributed by atoms with Gasteiger partial charge < -0.3 is 10.1 Å². The summed E-state index contributed by atoms with van der Waals surface area (Å²) in [5.74, 6) is 2.04. The molecule has 122 valence electrons. The van der Waals surface area contributed by atoms with Crippen molar-refractivity contribution in [3.63, 3.8) is 0 Å². The highest BCUT2D eigenvalue weighted by molar-refractivity contribution is 14.1. The summed E-state index contributed by atoms with van der Waals surface area (Å²) < 4.78 is 8.75. The van der Waals surface area contributed by atoms with Crippen LogP contribution < -0.4 is 10.1 Å². The Labute approximate surface area is 155 Å². The van der Waals surface area contributed by atoms with Crippen molar-refractivity contribution in [2.45, 2.75) is 12.8 Å². The number of ether oxygens (including phenoxy) is 1. The van der Waals surface area contributed by atoms with Gasteiger partial charge in [-0.2, -0.15) is 5.10 Å². The molecule has 4 nitrogen and oxygen atoms in total. The molecule has 0 atom stereocenters. The number of rotatable bonds is 4. The van der Waals surface area contributed by atoms with E-state index >= 15 is 0 Å². The van der Waals surface area contributed by atoms with Crippen LogP contribution >= 0.6 is 22.6 Å². The fraction of sp³-hybridized carbons (Fsp3) is 0.211. The minimum Gasteiger partial charge on any atom is -0.496 e. The number of fused-ring (bicyclic) bond motifs is 1. The Morgan fingerprint density at radius 2 is 1.96 bits per heavy atom. The SMILES string of the molecule is COc1ccccc1Cc1nn(-c2ccc(I)cc2)c2c1CCN2. The molecule has 2 aromatic carbocycles. The lowest BCUT2D eigenvalue weighted by molar-refractivity contribution is 0.410. The van der Waals surface area contributed by atoms with Gasteiger partial charge in [-0.05, 0) is 59.3 Å². The molecular formula is C19H18IN3O. The number of hydrogen-bond acceptors (Lipinski definition) is 3. The molecule has 0 unspecified atom stereocenters. The van der Waals surface area contributed by atoms with E-state index in [4.69, 9.17) is 9.84 Å². The van der Waals surface area contributed by atoms with Gasteiger partial charge >= 0.3 is 0 Å². The first-order valence-corrected chi connectivity index (χ1v) is 9.06. The molecule has 1 aliphatic rings. The Hall–Kier alpha value is -2.02. The van der Waals surface area contributed by atoms with Gasteiger partial charge in [-0.1, -0.05) is 18.2 Å². The topological polar surface area (TPSA) is 39.1 Å². The predicted molar refractivity (Wildman–Crippen MR) is 104 cm³/mol. The second-order valence-corrected chi connectivity index (χ2v) is 7.07. The van der Waals surface area contributed by atoms with Crippen molar-refractivity contribution in [3.05, 3.63) is 68.9 Å². The van der Waals surface area contributed by atoms with E-state index < -0.39 is 0 Å². The molecule has 0 bridgehead atoms. The molecular weight excluding hydrogens is 413 g/mol. The molecule has 0 radical (unpaired) electrons. The molecule has 0 amide bonds. The van der Waals surface area contributed by atoms with Crippen LogP contribution in [0.2, 0.25) is 0 Å². The molecule has 1 aromatic heterocycles. The Bertz CT molecular complexity index is 871. The van der Waals surface area contributed by atoms with E-state index in [9.17, 15) is 0 Å². The van der Waals surface area contributed by atoms with Crippen molar-refractivity contribution in [2.75, 3.05) is 19.0 Å². The summed E-state index contributed by atoms with van der Waals surface area (Å²) in [6, 6.07) is 16.6. The van der Waals surface area contributed by atoms with E-state index in [1.54, 1.807) is 7.11 Å². The zero-order valence-electron chi connectivity index (χ0n) is 13.4. The van der Waals surface area contributed by atoms with Gasteiger partial charge in [-0.25, -0.2) is 4.68 Å². The molecule has 3 aromatic rings. The summed E-state index contributed by atoms with van der Waals surface area (Å²) >= 11 is 2.32. The highest BCUT2D eigenvalue weighted by Crippen LogP contribution is 2.31. The predicted octanol–water partition coefficient (Wildman–Crippen LogP) is 4.04. The number of benzene rings is 2. The number of halogens is 1. The average Bonchev–Trinajstić information content (AvgIpc) is 3.20. The van der Waals surface area contributed by atoms with E-state index in [0.717, 1.165) is 42.3 Å². The zero-order valence-corrected chi connectivity index (χ0v) is 15.6. The molecule has 24 heavy (non-hydrogen) atoms. The molecule has 0 saturated carbocycles. The molecule has 2 heterocycles. The zero-order chi connectivity index (χ0) is 16.5. The fourth-order valence-electron chi connectivity index (χ4n) is 3.19. The van der Waals surface area contributed by atoms with Gasteiger partial charge in [0.25, 0.3) is 0 Å². The van der Waals surface area contributed by atoms with Crippen LogP contribution in [0.25, 0.3) is 5.69 Å². The van der Waals surface area contributed by atoms with Crippen LogP contribution in [0.15, 0.2) is 48.5 Å². The summed E-state index contributed by atoms with van der Waals surface area (Å²) in [7, 11) is 1.72. The highest BCUT2D eigenvalue weighted by atomic mass is 127. The minimum absolute atomic E-state index is 0.783. The van der Waals surface area contributed by atoms with Crippen LogP contribution in [0.5, 0.6) is 5.75 Å². The Balaban J connectivity index is 1.75. The van der Waals surface area contributed by atoms with Gasteiger partial charge in [0, 0.05) is 27.7 Å². The third-order valence-corrected chi connectivity index (χ3v) is 5.07. The number of methoxy groups -OCH3 is 1. The van der Waals surface area contributed by atoms with Crippen LogP contribution in [0.4, 0.5) is 5.82 Å². The number of nitrogens with one attached hydrogen (secondary N) is 1. The summed E-state index contributed by atoms with van der Waals surface area (Å²) in [6.07, 6.45) is 1.80. The first-order chi connectivity index (χ1) is 11.8. The van der Waals surface area contributed by atoms with Crippen LogP contribution in [0.3, 0.4) is 0 Å². The summed E-state index contributed by atoms with van der Waals surface area (Å²) in [5, 5.41) is 8.38. The molecule has 1 N–H and O–H groups in total. The average molecular weight is 431 g/mol. The lowest BCUT2D eigenvalue weighted by Crippen LogP contribution is -2.05. The maximum Gasteiger partial charge on any atom is 0.133 e. The first-order valence-electron chi connectivity index (χ1n) is 7.99. The van der Waals surface area contributed by atoms with E-state index in [-0.39, 0.29) is 0 Å². The number of anilines is 1. The van der Waals surface area contributed by atoms with Gasteiger partial charge in [0.05, 0.1) is 18.5 Å². The normalized spacial score (nSPS) is 12.8. The van der Waals surface area contributed by atoms with Crippen molar-refractivity contribution < 1.29 is 4.74 Å². The summed E-state index contributed by atoms with van der Waals surface area (Å²) in [4.78, 5) is 0. The smallest absolute Gasteiger partial charge is 0.133 e. The van der Waals surface area contributed by atoms with Gasteiger partial charge in [-0.15, -0.1) is 0 Å². The second kappa shape index (κ2) is 6.47. The lowest BCUT2D eigenvalue weighted by Gasteiger charge is -2.08. The van der Waals surface area contributed by atoms with Crippen LogP contribution in [0, 0.1) is 3.57 Å². The van der Waals surface area contributed by atoms with Gasteiger partial charge in [-0.3, -0.25) is 0 Å². The van der Waals surface area contributed by atoms with Crippen molar-refractivity contribution in [3.8, 4) is 11.4 Å². The summed E-state index contributed by atoms with van der Waals surface area (Å²) in [5.41, 5.74) is 4.70. The number of aromatic nitrogens is 2. The van der Waals surface area contributed by atoms with E-state index in [1.165, 1.54) is 14.7 Å². The molecule has 0 saturated heterocycles. The van der Waals surface area contributed by atoms with Crippen LogP contribution in [-0.2, 0) is 12.8 Å². The number of hydrogen-bond donors (Lipinski definition) is 1. The van der Waals surface area contributed by atoms with Crippen LogP contribution in [-0.4, -0.2) is 23.4 Å². The third-order valence-electron chi connectivity index (χ3n) is 4.36. The highest BCUT2D eigenvalue weighted by Gasteiger charge is 2.23.